The van der Waals surface area contributed by atoms with Crippen LogP contribution in [0.1, 0.15) is 35.0 Å². The Balaban J connectivity index is 2.73. The molecule has 1 amide bonds. The molecule has 0 saturated heterocycles. The van der Waals surface area contributed by atoms with Gasteiger partial charge in [-0.25, -0.2) is 0 Å². The number of aryl methyl sites for hydroxylation is 1. The second kappa shape index (κ2) is 5.88. The van der Waals surface area contributed by atoms with Crippen LogP contribution < -0.4 is 5.32 Å². The van der Waals surface area contributed by atoms with Crippen molar-refractivity contribution in [3.05, 3.63) is 20.8 Å². The molecule has 1 atom stereocenters. The maximum Gasteiger partial charge on any atom is 0.263 e. The Bertz CT molecular complexity index is 422. The van der Waals surface area contributed by atoms with Crippen LogP contribution in [0, 0.1) is 18.3 Å². The van der Waals surface area contributed by atoms with E-state index >= 15 is 0 Å². The first-order chi connectivity index (χ1) is 7.60. The van der Waals surface area contributed by atoms with Gasteiger partial charge in [-0.15, -0.1) is 11.3 Å². The standard InChI is InChI=1S/C11H13ClN2OS/c1-3-4-8(5-13)14-11(15)10-9(12)7(2)6-16-10/h6,8H,3-4H2,1-2H3,(H,14,15). The molecule has 0 saturated carbocycles. The quantitative estimate of drug-likeness (QED) is 0.900. The van der Waals surface area contributed by atoms with Gasteiger partial charge in [0, 0.05) is 0 Å². The summed E-state index contributed by atoms with van der Waals surface area (Å²) in [5.41, 5.74) is 0.890. The van der Waals surface area contributed by atoms with Gasteiger partial charge in [0.15, 0.2) is 0 Å². The fraction of sp³-hybridized carbons (Fsp3) is 0.455. The number of carbonyl (C=O) groups is 1. The second-order valence-electron chi connectivity index (χ2n) is 3.51. The zero-order valence-electron chi connectivity index (χ0n) is 9.21. The highest BCUT2D eigenvalue weighted by Crippen LogP contribution is 2.26. The normalized spacial score (nSPS) is 11.9. The van der Waals surface area contributed by atoms with Gasteiger partial charge in [0.1, 0.15) is 10.9 Å². The van der Waals surface area contributed by atoms with Gasteiger partial charge in [0.05, 0.1) is 11.1 Å². The van der Waals surface area contributed by atoms with Crippen molar-refractivity contribution in [1.82, 2.24) is 5.32 Å². The molecule has 1 aromatic rings. The lowest BCUT2D eigenvalue weighted by molar-refractivity contribution is 0.0948. The van der Waals surface area contributed by atoms with E-state index in [-0.39, 0.29) is 5.91 Å². The molecular formula is C11H13ClN2OS. The average Bonchev–Trinajstić information content (AvgIpc) is 2.59. The average molecular weight is 257 g/mol. The van der Waals surface area contributed by atoms with Crippen molar-refractivity contribution in [3.63, 3.8) is 0 Å². The lowest BCUT2D eigenvalue weighted by Crippen LogP contribution is -2.33. The number of thiophene rings is 1. The van der Waals surface area contributed by atoms with E-state index in [2.05, 4.69) is 11.4 Å². The predicted octanol–water partition coefficient (Wildman–Crippen LogP) is 3.13. The number of rotatable bonds is 4. The van der Waals surface area contributed by atoms with E-state index in [0.29, 0.717) is 16.3 Å². The number of hydrogen-bond acceptors (Lipinski definition) is 3. The largest absolute Gasteiger partial charge is 0.336 e. The number of nitrogens with one attached hydrogen (secondary N) is 1. The van der Waals surface area contributed by atoms with Gasteiger partial charge in [-0.3, -0.25) is 4.79 Å². The summed E-state index contributed by atoms with van der Waals surface area (Å²) in [6, 6.07) is 1.63. The van der Waals surface area contributed by atoms with Gasteiger partial charge < -0.3 is 5.32 Å². The molecule has 0 aromatic carbocycles. The molecule has 1 aromatic heterocycles. The molecule has 0 fully saturated rings. The summed E-state index contributed by atoms with van der Waals surface area (Å²) in [7, 11) is 0. The minimum absolute atomic E-state index is 0.261. The number of hydrogen-bond donors (Lipinski definition) is 1. The highest BCUT2D eigenvalue weighted by molar-refractivity contribution is 7.13. The van der Waals surface area contributed by atoms with E-state index in [1.54, 1.807) is 0 Å². The third-order valence-electron chi connectivity index (χ3n) is 2.14. The molecule has 1 unspecified atom stereocenters. The van der Waals surface area contributed by atoms with Crippen molar-refractivity contribution in [2.45, 2.75) is 32.7 Å². The molecule has 1 rings (SSSR count). The highest BCUT2D eigenvalue weighted by atomic mass is 35.5. The van der Waals surface area contributed by atoms with E-state index in [9.17, 15) is 4.79 Å². The Morgan fingerprint density at radius 2 is 2.44 bits per heavy atom. The predicted molar refractivity (Wildman–Crippen MR) is 65.8 cm³/mol. The zero-order chi connectivity index (χ0) is 12.1. The van der Waals surface area contributed by atoms with Crippen LogP contribution in [0.2, 0.25) is 5.02 Å². The Morgan fingerprint density at radius 1 is 1.75 bits per heavy atom. The van der Waals surface area contributed by atoms with Crippen LogP contribution in [0.4, 0.5) is 0 Å². The maximum atomic E-state index is 11.8. The fourth-order valence-corrected chi connectivity index (χ4v) is 2.45. The van der Waals surface area contributed by atoms with Gasteiger partial charge in [0.2, 0.25) is 0 Å². The first-order valence-electron chi connectivity index (χ1n) is 5.04. The van der Waals surface area contributed by atoms with Crippen molar-refractivity contribution in [1.29, 1.82) is 5.26 Å². The fourth-order valence-electron chi connectivity index (χ4n) is 1.26. The van der Waals surface area contributed by atoms with Crippen LogP contribution in [0.5, 0.6) is 0 Å². The summed E-state index contributed by atoms with van der Waals surface area (Å²) in [5, 5.41) is 13.8. The molecule has 3 nitrogen and oxygen atoms in total. The third kappa shape index (κ3) is 2.97. The Hall–Kier alpha value is -1.05. The van der Waals surface area contributed by atoms with E-state index in [0.717, 1.165) is 12.0 Å². The molecule has 5 heteroatoms. The van der Waals surface area contributed by atoms with Gasteiger partial charge in [-0.05, 0) is 24.3 Å². The summed E-state index contributed by atoms with van der Waals surface area (Å²) < 4.78 is 0. The van der Waals surface area contributed by atoms with Gasteiger partial charge in [0.25, 0.3) is 5.91 Å². The maximum absolute atomic E-state index is 11.8. The molecule has 1 N–H and O–H groups in total. The minimum Gasteiger partial charge on any atom is -0.336 e. The van der Waals surface area contributed by atoms with Gasteiger partial charge >= 0.3 is 0 Å². The monoisotopic (exact) mass is 256 g/mol. The summed E-state index contributed by atoms with van der Waals surface area (Å²) >= 11 is 7.28. The van der Waals surface area contributed by atoms with E-state index < -0.39 is 6.04 Å². The molecule has 0 spiro atoms. The number of nitrogens with zero attached hydrogens (tertiary/aromatic N) is 1. The SMILES string of the molecule is CCCC(C#N)NC(=O)c1scc(C)c1Cl. The van der Waals surface area contributed by atoms with Crippen molar-refractivity contribution in [2.24, 2.45) is 0 Å². The summed E-state index contributed by atoms with van der Waals surface area (Å²) in [6.45, 7) is 3.82. The van der Waals surface area contributed by atoms with E-state index in [1.165, 1.54) is 11.3 Å². The molecule has 0 aliphatic rings. The first-order valence-corrected chi connectivity index (χ1v) is 6.30. The Labute approximate surface area is 104 Å². The van der Waals surface area contributed by atoms with Crippen LogP contribution >= 0.6 is 22.9 Å². The molecule has 0 aliphatic heterocycles. The van der Waals surface area contributed by atoms with Crippen molar-refractivity contribution < 1.29 is 4.79 Å². The molecular weight excluding hydrogens is 244 g/mol. The summed E-state index contributed by atoms with van der Waals surface area (Å²) in [6.07, 6.45) is 1.51. The Kier molecular flexibility index (Phi) is 4.78. The van der Waals surface area contributed by atoms with E-state index in [4.69, 9.17) is 16.9 Å². The lowest BCUT2D eigenvalue weighted by atomic mass is 10.2. The highest BCUT2D eigenvalue weighted by Gasteiger charge is 2.17. The Morgan fingerprint density at radius 3 is 2.88 bits per heavy atom. The van der Waals surface area contributed by atoms with Crippen molar-refractivity contribution in [3.8, 4) is 6.07 Å². The van der Waals surface area contributed by atoms with Crippen LogP contribution in [0.3, 0.4) is 0 Å². The van der Waals surface area contributed by atoms with Crippen LogP contribution in [0.25, 0.3) is 0 Å². The smallest absolute Gasteiger partial charge is 0.263 e. The lowest BCUT2D eigenvalue weighted by Gasteiger charge is -2.09. The number of amides is 1. The zero-order valence-corrected chi connectivity index (χ0v) is 10.8. The summed E-state index contributed by atoms with van der Waals surface area (Å²) in [4.78, 5) is 12.3. The van der Waals surface area contributed by atoms with Gasteiger partial charge in [-0.2, -0.15) is 5.26 Å². The third-order valence-corrected chi connectivity index (χ3v) is 3.84. The number of halogens is 1. The second-order valence-corrected chi connectivity index (χ2v) is 4.76. The van der Waals surface area contributed by atoms with Gasteiger partial charge in [-0.1, -0.05) is 24.9 Å². The van der Waals surface area contributed by atoms with Crippen molar-refractivity contribution in [2.75, 3.05) is 0 Å². The number of carbonyl (C=O) groups excluding carboxylic acids is 1. The molecule has 0 radical (unpaired) electrons. The molecule has 16 heavy (non-hydrogen) atoms. The minimum atomic E-state index is -0.434. The first kappa shape index (κ1) is 13.0. The molecule has 0 aliphatic carbocycles. The summed E-state index contributed by atoms with van der Waals surface area (Å²) in [5.74, 6) is -0.261. The van der Waals surface area contributed by atoms with Crippen molar-refractivity contribution >= 4 is 28.8 Å². The molecule has 1 heterocycles. The van der Waals surface area contributed by atoms with Crippen LogP contribution in [0.15, 0.2) is 5.38 Å². The molecule has 86 valence electrons. The van der Waals surface area contributed by atoms with Crippen LogP contribution in [-0.4, -0.2) is 11.9 Å². The van der Waals surface area contributed by atoms with Crippen LogP contribution in [-0.2, 0) is 0 Å². The molecule has 0 bridgehead atoms. The topological polar surface area (TPSA) is 52.9 Å². The number of nitriles is 1. The van der Waals surface area contributed by atoms with E-state index in [1.807, 2.05) is 19.2 Å².